The minimum absolute atomic E-state index is 0.105. The van der Waals surface area contributed by atoms with Crippen molar-refractivity contribution in [3.8, 4) is 0 Å². The van der Waals surface area contributed by atoms with Crippen LogP contribution >= 0.6 is 11.6 Å². The van der Waals surface area contributed by atoms with Gasteiger partial charge in [-0.05, 0) is 37.6 Å². The van der Waals surface area contributed by atoms with Crippen LogP contribution in [0.1, 0.15) is 34.0 Å². The fraction of sp³-hybridized carbons (Fsp3) is 0.214. The Morgan fingerprint density at radius 1 is 1.24 bits per heavy atom. The number of nitrogens with one attached hydrogen (secondary N) is 1. The van der Waals surface area contributed by atoms with Crippen LogP contribution in [-0.4, -0.2) is 15.9 Å². The van der Waals surface area contributed by atoms with Gasteiger partial charge < -0.3 is 5.32 Å². The summed E-state index contributed by atoms with van der Waals surface area (Å²) in [6.07, 6.45) is -2.76. The minimum atomic E-state index is -2.76. The highest BCUT2D eigenvalue weighted by Gasteiger charge is 2.16. The highest BCUT2D eigenvalue weighted by Crippen LogP contribution is 2.23. The molecule has 1 aromatic heterocycles. The van der Waals surface area contributed by atoms with E-state index in [2.05, 4.69) is 15.3 Å². The monoisotopic (exact) mass is 311 g/mol. The average Bonchev–Trinajstić information content (AvgIpc) is 2.41. The highest BCUT2D eigenvalue weighted by atomic mass is 35.5. The van der Waals surface area contributed by atoms with Crippen molar-refractivity contribution in [1.29, 1.82) is 0 Å². The maximum atomic E-state index is 12.7. The second kappa shape index (κ2) is 6.13. The molecule has 0 unspecified atom stereocenters. The van der Waals surface area contributed by atoms with Crippen LogP contribution in [0.5, 0.6) is 0 Å². The molecule has 21 heavy (non-hydrogen) atoms. The molecular formula is C14H12ClF2N3O. The minimum Gasteiger partial charge on any atom is -0.319 e. The second-order valence-corrected chi connectivity index (χ2v) is 4.87. The molecule has 0 aliphatic rings. The van der Waals surface area contributed by atoms with Gasteiger partial charge >= 0.3 is 0 Å². The molecule has 2 aromatic rings. The SMILES string of the molecule is Cc1ccc(NC(=O)c2cc(C(F)F)nc(C)n2)c(Cl)c1. The van der Waals surface area contributed by atoms with E-state index in [-0.39, 0.29) is 11.5 Å². The van der Waals surface area contributed by atoms with E-state index in [4.69, 9.17) is 11.6 Å². The van der Waals surface area contributed by atoms with Gasteiger partial charge in [-0.1, -0.05) is 17.7 Å². The van der Waals surface area contributed by atoms with Crippen LogP contribution in [0.4, 0.5) is 14.5 Å². The van der Waals surface area contributed by atoms with Gasteiger partial charge in [0, 0.05) is 0 Å². The molecular weight excluding hydrogens is 300 g/mol. The Balaban J connectivity index is 2.28. The Hall–Kier alpha value is -2.08. The molecule has 0 bridgehead atoms. The van der Waals surface area contributed by atoms with E-state index in [0.717, 1.165) is 11.6 Å². The normalized spacial score (nSPS) is 10.8. The van der Waals surface area contributed by atoms with Crippen LogP contribution in [0.3, 0.4) is 0 Å². The molecule has 1 aromatic carbocycles. The lowest BCUT2D eigenvalue weighted by Crippen LogP contribution is -2.16. The number of aryl methyl sites for hydroxylation is 2. The van der Waals surface area contributed by atoms with Crippen molar-refractivity contribution in [3.63, 3.8) is 0 Å². The lowest BCUT2D eigenvalue weighted by Gasteiger charge is -2.09. The van der Waals surface area contributed by atoms with Crippen LogP contribution in [0.2, 0.25) is 5.02 Å². The molecule has 4 nitrogen and oxygen atoms in total. The quantitative estimate of drug-likeness (QED) is 0.934. The first-order valence-corrected chi connectivity index (χ1v) is 6.46. The number of amides is 1. The van der Waals surface area contributed by atoms with Crippen LogP contribution in [-0.2, 0) is 0 Å². The van der Waals surface area contributed by atoms with Gasteiger partial charge in [0.15, 0.2) is 0 Å². The molecule has 1 N–H and O–H groups in total. The molecule has 0 aliphatic heterocycles. The van der Waals surface area contributed by atoms with Crippen molar-refractivity contribution in [2.24, 2.45) is 0 Å². The van der Waals surface area contributed by atoms with Gasteiger partial charge in [0.2, 0.25) is 0 Å². The van der Waals surface area contributed by atoms with Gasteiger partial charge in [0.05, 0.1) is 10.7 Å². The second-order valence-electron chi connectivity index (χ2n) is 4.46. The Labute approximate surface area is 125 Å². The first-order chi connectivity index (χ1) is 9.86. The van der Waals surface area contributed by atoms with Crippen molar-refractivity contribution >= 4 is 23.2 Å². The highest BCUT2D eigenvalue weighted by molar-refractivity contribution is 6.34. The standard InChI is InChI=1S/C14H12ClF2N3O/c1-7-3-4-10(9(15)5-7)20-14(21)12-6-11(13(16)17)18-8(2)19-12/h3-6,13H,1-2H3,(H,20,21). The Morgan fingerprint density at radius 3 is 2.57 bits per heavy atom. The molecule has 0 aliphatic carbocycles. The molecule has 0 spiro atoms. The van der Waals surface area contributed by atoms with Crippen LogP contribution in [0.25, 0.3) is 0 Å². The number of nitrogens with zero attached hydrogens (tertiary/aromatic N) is 2. The Morgan fingerprint density at radius 2 is 1.95 bits per heavy atom. The van der Waals surface area contributed by atoms with E-state index in [1.165, 1.54) is 6.92 Å². The van der Waals surface area contributed by atoms with Crippen LogP contribution in [0, 0.1) is 13.8 Å². The number of rotatable bonds is 3. The molecule has 0 saturated carbocycles. The zero-order chi connectivity index (χ0) is 15.6. The topological polar surface area (TPSA) is 54.9 Å². The number of hydrogen-bond acceptors (Lipinski definition) is 3. The molecule has 2 rings (SSSR count). The van der Waals surface area contributed by atoms with E-state index in [0.29, 0.717) is 10.7 Å². The van der Waals surface area contributed by atoms with Crippen LogP contribution in [0.15, 0.2) is 24.3 Å². The summed E-state index contributed by atoms with van der Waals surface area (Å²) >= 11 is 6.01. The van der Waals surface area contributed by atoms with Gasteiger partial charge in [-0.15, -0.1) is 0 Å². The molecule has 0 saturated heterocycles. The summed E-state index contributed by atoms with van der Waals surface area (Å²) in [5.41, 5.74) is 0.718. The molecule has 0 fully saturated rings. The van der Waals surface area contributed by atoms with Gasteiger partial charge in [-0.25, -0.2) is 18.7 Å². The average molecular weight is 312 g/mol. The zero-order valence-corrected chi connectivity index (χ0v) is 12.1. The van der Waals surface area contributed by atoms with E-state index in [1.54, 1.807) is 18.2 Å². The lowest BCUT2D eigenvalue weighted by atomic mass is 10.2. The van der Waals surface area contributed by atoms with E-state index in [1.807, 2.05) is 6.92 Å². The molecule has 7 heteroatoms. The van der Waals surface area contributed by atoms with Gasteiger partial charge in [-0.2, -0.15) is 0 Å². The maximum Gasteiger partial charge on any atom is 0.280 e. The number of halogens is 3. The summed E-state index contributed by atoms with van der Waals surface area (Å²) in [5, 5.41) is 2.91. The molecule has 0 atom stereocenters. The molecule has 0 radical (unpaired) electrons. The zero-order valence-electron chi connectivity index (χ0n) is 11.3. The van der Waals surface area contributed by atoms with Gasteiger partial charge in [0.1, 0.15) is 17.2 Å². The summed E-state index contributed by atoms with van der Waals surface area (Å²) in [7, 11) is 0. The summed E-state index contributed by atoms with van der Waals surface area (Å²) in [4.78, 5) is 19.5. The lowest BCUT2D eigenvalue weighted by molar-refractivity contribution is 0.102. The van der Waals surface area contributed by atoms with Crippen LogP contribution < -0.4 is 5.32 Å². The van der Waals surface area contributed by atoms with Crippen molar-refractivity contribution in [2.75, 3.05) is 5.32 Å². The third kappa shape index (κ3) is 3.72. The number of benzene rings is 1. The Bertz CT molecular complexity index is 692. The first kappa shape index (κ1) is 15.3. The number of carbonyl (C=O) groups is 1. The van der Waals surface area contributed by atoms with E-state index >= 15 is 0 Å². The van der Waals surface area contributed by atoms with Crippen molar-refractivity contribution in [3.05, 3.63) is 52.1 Å². The predicted octanol–water partition coefficient (Wildman–Crippen LogP) is 3.94. The summed E-state index contributed by atoms with van der Waals surface area (Å²) < 4.78 is 25.4. The fourth-order valence-electron chi connectivity index (χ4n) is 1.73. The predicted molar refractivity (Wildman–Crippen MR) is 75.9 cm³/mol. The summed E-state index contributed by atoms with van der Waals surface area (Å²) in [6, 6.07) is 6.07. The number of anilines is 1. The maximum absolute atomic E-state index is 12.7. The number of hydrogen-bond donors (Lipinski definition) is 1. The molecule has 110 valence electrons. The van der Waals surface area contributed by atoms with E-state index in [9.17, 15) is 13.6 Å². The smallest absolute Gasteiger partial charge is 0.280 e. The van der Waals surface area contributed by atoms with Gasteiger partial charge in [0.25, 0.3) is 12.3 Å². The summed E-state index contributed by atoms with van der Waals surface area (Å²) in [5.74, 6) is -0.513. The number of carbonyl (C=O) groups excluding carboxylic acids is 1. The molecule has 1 heterocycles. The van der Waals surface area contributed by atoms with Gasteiger partial charge in [-0.3, -0.25) is 4.79 Å². The van der Waals surface area contributed by atoms with Crippen molar-refractivity contribution in [2.45, 2.75) is 20.3 Å². The van der Waals surface area contributed by atoms with E-state index < -0.39 is 18.0 Å². The summed E-state index contributed by atoms with van der Waals surface area (Å²) in [6.45, 7) is 3.31. The largest absolute Gasteiger partial charge is 0.319 e. The number of aromatic nitrogens is 2. The third-order valence-corrected chi connectivity index (χ3v) is 3.00. The Kier molecular flexibility index (Phi) is 4.47. The fourth-order valence-corrected chi connectivity index (χ4v) is 2.01. The van der Waals surface area contributed by atoms with Crippen molar-refractivity contribution < 1.29 is 13.6 Å². The van der Waals surface area contributed by atoms with Crippen molar-refractivity contribution in [1.82, 2.24) is 9.97 Å². The molecule has 1 amide bonds. The first-order valence-electron chi connectivity index (χ1n) is 6.08. The number of alkyl halides is 2. The third-order valence-electron chi connectivity index (χ3n) is 2.69.